The van der Waals surface area contributed by atoms with Crippen molar-refractivity contribution in [3.63, 3.8) is 0 Å². The first-order chi connectivity index (χ1) is 11.3. The molecule has 0 aliphatic carbocycles. The third-order valence-electron chi connectivity index (χ3n) is 4.10. The largest absolute Gasteiger partial charge is 0.491 e. The molecule has 5 nitrogen and oxygen atoms in total. The monoisotopic (exact) mass is 385 g/mol. The molecule has 7 heteroatoms. The average Bonchev–Trinajstić information content (AvgIpc) is 2.62. The van der Waals surface area contributed by atoms with Gasteiger partial charge in [-0.1, -0.05) is 24.6 Å². The number of hydrogen-bond acceptors (Lipinski definition) is 4. The van der Waals surface area contributed by atoms with Gasteiger partial charge in [-0.05, 0) is 37.9 Å². The standard InChI is InChI=1S/C18H23N3O2.2ClH/c22-18(15-8-1-2-10-19-15)21-12-5-13-23-16-9-3-6-14-7-4-11-20-17(14)16;;/h3-4,6-7,9,11,15,19H,1-2,5,8,10,12-13H2,(H,21,22);2*1H/t15-;;/m1../s1. The van der Waals surface area contributed by atoms with Gasteiger partial charge in [-0.25, -0.2) is 0 Å². The van der Waals surface area contributed by atoms with E-state index in [1.807, 2.05) is 30.3 Å². The summed E-state index contributed by atoms with van der Waals surface area (Å²) in [7, 11) is 0. The molecule has 3 rings (SSSR count). The first-order valence-electron chi connectivity index (χ1n) is 8.32. The third-order valence-corrected chi connectivity index (χ3v) is 4.10. The van der Waals surface area contributed by atoms with E-state index in [-0.39, 0.29) is 36.8 Å². The fourth-order valence-electron chi connectivity index (χ4n) is 2.86. The number of carbonyl (C=O) groups excluding carboxylic acids is 1. The van der Waals surface area contributed by atoms with Crippen molar-refractivity contribution >= 4 is 41.6 Å². The second-order valence-electron chi connectivity index (χ2n) is 5.83. The topological polar surface area (TPSA) is 63.2 Å². The summed E-state index contributed by atoms with van der Waals surface area (Å²) in [6.45, 7) is 2.14. The summed E-state index contributed by atoms with van der Waals surface area (Å²) in [6.07, 6.45) is 5.78. The molecule has 1 atom stereocenters. The number of para-hydroxylation sites is 1. The van der Waals surface area contributed by atoms with Gasteiger partial charge in [0.25, 0.3) is 0 Å². The maximum atomic E-state index is 12.0. The smallest absolute Gasteiger partial charge is 0.237 e. The molecule has 1 aromatic carbocycles. The molecule has 1 aliphatic heterocycles. The lowest BCUT2D eigenvalue weighted by molar-refractivity contribution is -0.123. The number of hydrogen-bond donors (Lipinski definition) is 2. The summed E-state index contributed by atoms with van der Waals surface area (Å²) in [5.74, 6) is 0.903. The minimum absolute atomic E-state index is 0. The van der Waals surface area contributed by atoms with Gasteiger partial charge in [0.2, 0.25) is 5.91 Å². The van der Waals surface area contributed by atoms with Crippen LogP contribution in [-0.4, -0.2) is 36.6 Å². The van der Waals surface area contributed by atoms with Crippen LogP contribution >= 0.6 is 24.8 Å². The van der Waals surface area contributed by atoms with Gasteiger partial charge in [-0.3, -0.25) is 9.78 Å². The lowest BCUT2D eigenvalue weighted by Gasteiger charge is -2.22. The highest BCUT2D eigenvalue weighted by Gasteiger charge is 2.19. The Morgan fingerprint density at radius 1 is 1.24 bits per heavy atom. The summed E-state index contributed by atoms with van der Waals surface area (Å²) in [4.78, 5) is 16.3. The Hall–Kier alpha value is -1.56. The molecular formula is C18H25Cl2N3O2. The van der Waals surface area contributed by atoms with Crippen molar-refractivity contribution in [3.8, 4) is 5.75 Å². The van der Waals surface area contributed by atoms with Crippen LogP contribution in [0.3, 0.4) is 0 Å². The molecule has 1 aromatic heterocycles. The van der Waals surface area contributed by atoms with Gasteiger partial charge in [0.05, 0.1) is 12.6 Å². The van der Waals surface area contributed by atoms with E-state index in [9.17, 15) is 4.79 Å². The summed E-state index contributed by atoms with van der Waals surface area (Å²) in [5.41, 5.74) is 0.880. The van der Waals surface area contributed by atoms with Crippen molar-refractivity contribution in [1.82, 2.24) is 15.6 Å². The Morgan fingerprint density at radius 3 is 2.88 bits per heavy atom. The SMILES string of the molecule is Cl.Cl.O=C(NCCCOc1cccc2cccnc12)[C@H]1CCCCN1. The van der Waals surface area contributed by atoms with Crippen molar-refractivity contribution in [3.05, 3.63) is 36.5 Å². The number of nitrogens with one attached hydrogen (secondary N) is 2. The molecule has 1 aliphatic rings. The van der Waals surface area contributed by atoms with E-state index < -0.39 is 0 Å². The first-order valence-corrected chi connectivity index (χ1v) is 8.32. The Balaban J connectivity index is 0.00000156. The van der Waals surface area contributed by atoms with Crippen LogP contribution in [-0.2, 0) is 4.79 Å². The van der Waals surface area contributed by atoms with E-state index in [1.165, 1.54) is 0 Å². The van der Waals surface area contributed by atoms with E-state index >= 15 is 0 Å². The maximum absolute atomic E-state index is 12.0. The van der Waals surface area contributed by atoms with Crippen LogP contribution in [0, 0.1) is 0 Å². The molecular weight excluding hydrogens is 361 g/mol. The van der Waals surface area contributed by atoms with Gasteiger partial charge in [-0.15, -0.1) is 24.8 Å². The molecule has 2 aromatic rings. The molecule has 25 heavy (non-hydrogen) atoms. The van der Waals surface area contributed by atoms with Gasteiger partial charge in [0.1, 0.15) is 11.3 Å². The number of nitrogens with zero attached hydrogens (tertiary/aromatic N) is 1. The van der Waals surface area contributed by atoms with Crippen molar-refractivity contribution in [2.24, 2.45) is 0 Å². The van der Waals surface area contributed by atoms with E-state index in [0.717, 1.165) is 48.9 Å². The minimum Gasteiger partial charge on any atom is -0.491 e. The highest BCUT2D eigenvalue weighted by molar-refractivity contribution is 5.86. The molecule has 2 N–H and O–H groups in total. The highest BCUT2D eigenvalue weighted by atomic mass is 35.5. The Bertz CT molecular complexity index is 658. The molecule has 1 saturated heterocycles. The summed E-state index contributed by atoms with van der Waals surface area (Å²) < 4.78 is 5.82. The van der Waals surface area contributed by atoms with Gasteiger partial charge in [-0.2, -0.15) is 0 Å². The lowest BCUT2D eigenvalue weighted by Crippen LogP contribution is -2.46. The lowest BCUT2D eigenvalue weighted by atomic mass is 10.0. The van der Waals surface area contributed by atoms with Crippen LogP contribution in [0.2, 0.25) is 0 Å². The Morgan fingerprint density at radius 2 is 2.08 bits per heavy atom. The number of halogens is 2. The molecule has 1 amide bonds. The number of ether oxygens (including phenoxy) is 1. The van der Waals surface area contributed by atoms with Gasteiger partial charge >= 0.3 is 0 Å². The first kappa shape index (κ1) is 21.5. The zero-order valence-corrected chi connectivity index (χ0v) is 15.7. The normalized spacial score (nSPS) is 16.4. The number of aromatic nitrogens is 1. The maximum Gasteiger partial charge on any atom is 0.237 e. The van der Waals surface area contributed by atoms with Crippen LogP contribution in [0.5, 0.6) is 5.75 Å². The number of amides is 1. The molecule has 0 bridgehead atoms. The molecule has 1 fully saturated rings. The third kappa shape index (κ3) is 6.03. The van der Waals surface area contributed by atoms with E-state index in [4.69, 9.17) is 4.74 Å². The summed E-state index contributed by atoms with van der Waals surface area (Å²) in [6, 6.07) is 9.84. The second-order valence-corrected chi connectivity index (χ2v) is 5.83. The zero-order chi connectivity index (χ0) is 15.9. The van der Waals surface area contributed by atoms with Crippen LogP contribution in [0.1, 0.15) is 25.7 Å². The van der Waals surface area contributed by atoms with Crippen molar-refractivity contribution in [2.45, 2.75) is 31.7 Å². The predicted octanol–water partition coefficient (Wildman–Crippen LogP) is 3.11. The molecule has 0 spiro atoms. The van der Waals surface area contributed by atoms with Crippen LogP contribution in [0.4, 0.5) is 0 Å². The molecule has 2 heterocycles. The number of benzene rings is 1. The fraction of sp³-hybridized carbons (Fsp3) is 0.444. The van der Waals surface area contributed by atoms with E-state index in [1.54, 1.807) is 6.20 Å². The van der Waals surface area contributed by atoms with E-state index in [2.05, 4.69) is 15.6 Å². The van der Waals surface area contributed by atoms with Crippen LogP contribution in [0.15, 0.2) is 36.5 Å². The predicted molar refractivity (Wildman–Crippen MR) is 105 cm³/mol. The highest BCUT2D eigenvalue weighted by Crippen LogP contribution is 2.22. The average molecular weight is 386 g/mol. The van der Waals surface area contributed by atoms with Gasteiger partial charge in [0, 0.05) is 18.1 Å². The molecule has 0 unspecified atom stereocenters. The van der Waals surface area contributed by atoms with Crippen molar-refractivity contribution in [1.29, 1.82) is 0 Å². The Kier molecular flexibility index (Phi) is 9.57. The molecule has 138 valence electrons. The Labute approximate surface area is 160 Å². The minimum atomic E-state index is -0.0214. The zero-order valence-electron chi connectivity index (χ0n) is 14.1. The number of piperidine rings is 1. The fourth-order valence-corrected chi connectivity index (χ4v) is 2.86. The van der Waals surface area contributed by atoms with Gasteiger partial charge < -0.3 is 15.4 Å². The van der Waals surface area contributed by atoms with Crippen molar-refractivity contribution in [2.75, 3.05) is 19.7 Å². The summed E-state index contributed by atoms with van der Waals surface area (Å²) in [5, 5.41) is 7.30. The number of pyridine rings is 1. The van der Waals surface area contributed by atoms with E-state index in [0.29, 0.717) is 13.2 Å². The number of carbonyl (C=O) groups is 1. The van der Waals surface area contributed by atoms with Gasteiger partial charge in [0.15, 0.2) is 0 Å². The summed E-state index contributed by atoms with van der Waals surface area (Å²) >= 11 is 0. The molecule has 0 saturated carbocycles. The second kappa shape index (κ2) is 11.1. The van der Waals surface area contributed by atoms with Crippen LogP contribution < -0.4 is 15.4 Å². The molecule has 0 radical (unpaired) electrons. The number of fused-ring (bicyclic) bond motifs is 1. The number of rotatable bonds is 6. The van der Waals surface area contributed by atoms with Crippen molar-refractivity contribution < 1.29 is 9.53 Å². The quantitative estimate of drug-likeness (QED) is 0.749. The van der Waals surface area contributed by atoms with Crippen LogP contribution in [0.25, 0.3) is 10.9 Å².